The molecule has 2 amide bonds. The number of nitrogens with zero attached hydrogens (tertiary/aromatic N) is 1. The Labute approximate surface area is 189 Å². The molecule has 1 saturated heterocycles. The minimum atomic E-state index is -3.37. The van der Waals surface area contributed by atoms with E-state index in [2.05, 4.69) is 5.32 Å². The lowest BCUT2D eigenvalue weighted by Gasteiger charge is -2.35. The first-order valence-electron chi connectivity index (χ1n) is 10.7. The predicted molar refractivity (Wildman–Crippen MR) is 122 cm³/mol. The van der Waals surface area contributed by atoms with Gasteiger partial charge in [0.2, 0.25) is 0 Å². The van der Waals surface area contributed by atoms with Crippen LogP contribution in [0.4, 0.5) is 0 Å². The fourth-order valence-electron chi connectivity index (χ4n) is 3.64. The summed E-state index contributed by atoms with van der Waals surface area (Å²) in [7, 11) is -3.37. The number of carbonyl (C=O) groups excluding carboxylic acids is 2. The van der Waals surface area contributed by atoms with Gasteiger partial charge in [0.1, 0.15) is 0 Å². The average molecular weight is 459 g/mol. The van der Waals surface area contributed by atoms with Gasteiger partial charge in [-0.1, -0.05) is 12.1 Å². The van der Waals surface area contributed by atoms with Crippen molar-refractivity contribution in [3.63, 3.8) is 0 Å². The summed E-state index contributed by atoms with van der Waals surface area (Å²) in [6, 6.07) is 13.1. The van der Waals surface area contributed by atoms with Crippen LogP contribution in [0.15, 0.2) is 53.4 Å². The number of amides is 2. The lowest BCUT2D eigenvalue weighted by Crippen LogP contribution is -2.48. The summed E-state index contributed by atoms with van der Waals surface area (Å²) in [6.07, 6.45) is 0.0217. The maximum atomic E-state index is 12.8. The standard InChI is InChI=1S/C24H30N2O5S/c1-16(2)32(29,30)22-11-9-20(10-12-22)23(27)25-13-19-5-7-21(8-6-19)24(28)26-14-17(3)31-18(4)15-26/h5-12,16-18H,13-15H2,1-4H3,(H,25,27). The van der Waals surface area contributed by atoms with Crippen LogP contribution in [0.25, 0.3) is 0 Å². The zero-order valence-electron chi connectivity index (χ0n) is 18.9. The van der Waals surface area contributed by atoms with Gasteiger partial charge in [0.25, 0.3) is 11.8 Å². The van der Waals surface area contributed by atoms with E-state index in [1.807, 2.05) is 26.0 Å². The number of hydrogen-bond donors (Lipinski definition) is 1. The first kappa shape index (κ1) is 23.9. The zero-order chi connectivity index (χ0) is 23.5. The highest BCUT2D eigenvalue weighted by Crippen LogP contribution is 2.17. The Hall–Kier alpha value is -2.71. The molecule has 8 heteroatoms. The van der Waals surface area contributed by atoms with Crippen LogP contribution in [0.2, 0.25) is 0 Å². The first-order valence-corrected chi connectivity index (χ1v) is 12.3. The molecule has 172 valence electrons. The third kappa shape index (κ3) is 5.55. The van der Waals surface area contributed by atoms with Crippen LogP contribution in [0.5, 0.6) is 0 Å². The largest absolute Gasteiger partial charge is 0.372 e. The van der Waals surface area contributed by atoms with Gasteiger partial charge in [-0.15, -0.1) is 0 Å². The zero-order valence-corrected chi connectivity index (χ0v) is 19.7. The molecule has 2 atom stereocenters. The Morgan fingerprint density at radius 3 is 2.03 bits per heavy atom. The molecular formula is C24H30N2O5S. The van der Waals surface area contributed by atoms with Crippen molar-refractivity contribution in [1.29, 1.82) is 0 Å². The van der Waals surface area contributed by atoms with Crippen molar-refractivity contribution in [2.24, 2.45) is 0 Å². The fourth-order valence-corrected chi connectivity index (χ4v) is 4.70. The van der Waals surface area contributed by atoms with Gasteiger partial charge in [0, 0.05) is 30.8 Å². The molecule has 7 nitrogen and oxygen atoms in total. The third-order valence-electron chi connectivity index (χ3n) is 5.43. The van der Waals surface area contributed by atoms with Crippen molar-refractivity contribution < 1.29 is 22.7 Å². The molecule has 1 N–H and O–H groups in total. The number of hydrogen-bond acceptors (Lipinski definition) is 5. The lowest BCUT2D eigenvalue weighted by molar-refractivity contribution is -0.0586. The number of rotatable bonds is 6. The Morgan fingerprint density at radius 2 is 1.50 bits per heavy atom. The number of benzene rings is 2. The highest BCUT2D eigenvalue weighted by molar-refractivity contribution is 7.92. The number of sulfone groups is 1. The topological polar surface area (TPSA) is 92.8 Å². The molecule has 1 aliphatic rings. The Kier molecular flexibility index (Phi) is 7.36. The minimum absolute atomic E-state index is 0.0109. The smallest absolute Gasteiger partial charge is 0.254 e. The number of nitrogens with one attached hydrogen (secondary N) is 1. The van der Waals surface area contributed by atoms with E-state index in [0.717, 1.165) is 5.56 Å². The molecule has 3 rings (SSSR count). The monoisotopic (exact) mass is 458 g/mol. The van der Waals surface area contributed by atoms with Crippen LogP contribution >= 0.6 is 0 Å². The van der Waals surface area contributed by atoms with Crippen LogP contribution in [0.1, 0.15) is 54.0 Å². The third-order valence-corrected chi connectivity index (χ3v) is 7.60. The van der Waals surface area contributed by atoms with E-state index >= 15 is 0 Å². The molecular weight excluding hydrogens is 428 g/mol. The fraction of sp³-hybridized carbons (Fsp3) is 0.417. The number of carbonyl (C=O) groups is 2. The Bertz CT molecular complexity index is 1050. The summed E-state index contributed by atoms with van der Waals surface area (Å²) in [4.78, 5) is 27.2. The van der Waals surface area contributed by atoms with E-state index in [0.29, 0.717) is 30.8 Å². The molecule has 1 fully saturated rings. The highest BCUT2D eigenvalue weighted by atomic mass is 32.2. The van der Waals surface area contributed by atoms with E-state index in [1.165, 1.54) is 24.3 Å². The van der Waals surface area contributed by atoms with Gasteiger partial charge in [-0.2, -0.15) is 0 Å². The molecule has 32 heavy (non-hydrogen) atoms. The van der Waals surface area contributed by atoms with Crippen molar-refractivity contribution in [3.8, 4) is 0 Å². The first-order chi connectivity index (χ1) is 15.1. The maximum Gasteiger partial charge on any atom is 0.254 e. The lowest BCUT2D eigenvalue weighted by atomic mass is 10.1. The summed E-state index contributed by atoms with van der Waals surface area (Å²) in [5.74, 6) is -0.325. The van der Waals surface area contributed by atoms with Crippen LogP contribution in [0.3, 0.4) is 0 Å². The molecule has 0 aromatic heterocycles. The van der Waals surface area contributed by atoms with Crippen LogP contribution < -0.4 is 5.32 Å². The molecule has 0 aliphatic carbocycles. The predicted octanol–water partition coefficient (Wildman–Crippen LogP) is 3.05. The van der Waals surface area contributed by atoms with Gasteiger partial charge in [-0.3, -0.25) is 9.59 Å². The summed E-state index contributed by atoms with van der Waals surface area (Å²) in [5, 5.41) is 2.30. The van der Waals surface area contributed by atoms with E-state index in [-0.39, 0.29) is 28.9 Å². The Balaban J connectivity index is 1.58. The Morgan fingerprint density at radius 1 is 0.969 bits per heavy atom. The minimum Gasteiger partial charge on any atom is -0.372 e. The van der Waals surface area contributed by atoms with Crippen molar-refractivity contribution in [3.05, 3.63) is 65.2 Å². The second-order valence-electron chi connectivity index (χ2n) is 8.47. The van der Waals surface area contributed by atoms with Crippen molar-refractivity contribution in [2.45, 2.75) is 56.6 Å². The SMILES string of the molecule is CC1CN(C(=O)c2ccc(CNC(=O)c3ccc(S(=O)(=O)C(C)C)cc3)cc2)CC(C)O1. The summed E-state index contributed by atoms with van der Waals surface area (Å²) < 4.78 is 30.1. The normalized spacial score (nSPS) is 19.1. The van der Waals surface area contributed by atoms with E-state index < -0.39 is 15.1 Å². The van der Waals surface area contributed by atoms with Gasteiger partial charge < -0.3 is 15.0 Å². The maximum absolute atomic E-state index is 12.8. The van der Waals surface area contributed by atoms with E-state index in [1.54, 1.807) is 30.9 Å². The quantitative estimate of drug-likeness (QED) is 0.718. The van der Waals surface area contributed by atoms with Crippen molar-refractivity contribution in [1.82, 2.24) is 10.2 Å². The van der Waals surface area contributed by atoms with Crippen LogP contribution in [-0.4, -0.2) is 55.7 Å². The van der Waals surface area contributed by atoms with Crippen molar-refractivity contribution in [2.75, 3.05) is 13.1 Å². The molecule has 1 aliphatic heterocycles. The van der Waals surface area contributed by atoms with E-state index in [4.69, 9.17) is 4.74 Å². The molecule has 2 aromatic rings. The second kappa shape index (κ2) is 9.83. The molecule has 2 aromatic carbocycles. The summed E-state index contributed by atoms with van der Waals surface area (Å²) in [6.45, 7) is 8.59. The van der Waals surface area contributed by atoms with Crippen molar-refractivity contribution >= 4 is 21.7 Å². The van der Waals surface area contributed by atoms with Gasteiger partial charge >= 0.3 is 0 Å². The van der Waals surface area contributed by atoms with Crippen LogP contribution in [0, 0.1) is 0 Å². The molecule has 0 radical (unpaired) electrons. The molecule has 1 heterocycles. The van der Waals surface area contributed by atoms with Gasteiger partial charge in [0.15, 0.2) is 9.84 Å². The van der Waals surface area contributed by atoms with Crippen LogP contribution in [-0.2, 0) is 21.1 Å². The average Bonchev–Trinajstić information content (AvgIpc) is 2.76. The number of ether oxygens (including phenoxy) is 1. The van der Waals surface area contributed by atoms with E-state index in [9.17, 15) is 18.0 Å². The van der Waals surface area contributed by atoms with Gasteiger partial charge in [0.05, 0.1) is 22.4 Å². The number of morpholine rings is 1. The van der Waals surface area contributed by atoms with Gasteiger partial charge in [-0.25, -0.2) is 8.42 Å². The van der Waals surface area contributed by atoms with Gasteiger partial charge in [-0.05, 0) is 69.7 Å². The summed E-state index contributed by atoms with van der Waals surface area (Å²) in [5.41, 5.74) is 1.84. The molecule has 2 unspecified atom stereocenters. The highest BCUT2D eigenvalue weighted by Gasteiger charge is 2.26. The molecule has 0 saturated carbocycles. The molecule has 0 bridgehead atoms. The summed E-state index contributed by atoms with van der Waals surface area (Å²) >= 11 is 0. The molecule has 0 spiro atoms. The second-order valence-corrected chi connectivity index (χ2v) is 11.0.